The van der Waals surface area contributed by atoms with Crippen LogP contribution in [0.2, 0.25) is 0 Å². The average molecular weight is 401 g/mol. The number of carbonyl (C=O) groups is 1. The SMILES string of the molecule is CCN(Cc1ccc(C(=O)N2CCC(C)CC2)cc1)S(=O)(=O)c1ccccc1. The summed E-state index contributed by atoms with van der Waals surface area (Å²) in [5, 5.41) is 0. The summed E-state index contributed by atoms with van der Waals surface area (Å²) >= 11 is 0. The number of nitrogens with zero attached hydrogens (tertiary/aromatic N) is 2. The number of amides is 1. The number of rotatable bonds is 6. The van der Waals surface area contributed by atoms with E-state index in [0.717, 1.165) is 31.5 Å². The maximum absolute atomic E-state index is 12.8. The van der Waals surface area contributed by atoms with Crippen LogP contribution in [0.15, 0.2) is 59.5 Å². The van der Waals surface area contributed by atoms with Gasteiger partial charge in [0.15, 0.2) is 0 Å². The number of likely N-dealkylation sites (tertiary alicyclic amines) is 1. The van der Waals surface area contributed by atoms with Crippen molar-refractivity contribution in [1.82, 2.24) is 9.21 Å². The van der Waals surface area contributed by atoms with Crippen molar-refractivity contribution in [3.05, 3.63) is 65.7 Å². The fourth-order valence-electron chi connectivity index (χ4n) is 3.46. The van der Waals surface area contributed by atoms with Crippen LogP contribution in [-0.2, 0) is 16.6 Å². The molecule has 0 bridgehead atoms. The highest BCUT2D eigenvalue weighted by Crippen LogP contribution is 2.20. The summed E-state index contributed by atoms with van der Waals surface area (Å²) in [4.78, 5) is 14.9. The van der Waals surface area contributed by atoms with Crippen LogP contribution in [0.3, 0.4) is 0 Å². The highest BCUT2D eigenvalue weighted by atomic mass is 32.2. The average Bonchev–Trinajstić information content (AvgIpc) is 2.73. The molecule has 1 fully saturated rings. The van der Waals surface area contributed by atoms with Crippen LogP contribution in [-0.4, -0.2) is 43.2 Å². The van der Waals surface area contributed by atoms with Gasteiger partial charge in [-0.25, -0.2) is 8.42 Å². The molecule has 2 aromatic carbocycles. The lowest BCUT2D eigenvalue weighted by atomic mass is 9.98. The molecule has 6 heteroatoms. The van der Waals surface area contributed by atoms with Crippen molar-refractivity contribution in [1.29, 1.82) is 0 Å². The lowest BCUT2D eigenvalue weighted by Crippen LogP contribution is -2.37. The van der Waals surface area contributed by atoms with Crippen molar-refractivity contribution in [3.63, 3.8) is 0 Å². The molecule has 28 heavy (non-hydrogen) atoms. The number of piperidine rings is 1. The van der Waals surface area contributed by atoms with E-state index in [1.165, 1.54) is 4.31 Å². The zero-order valence-electron chi connectivity index (χ0n) is 16.5. The Labute approximate surface area is 168 Å². The molecule has 0 aromatic heterocycles. The molecule has 1 aliphatic rings. The number of sulfonamides is 1. The monoisotopic (exact) mass is 400 g/mol. The molecule has 0 spiro atoms. The number of carbonyl (C=O) groups excluding carboxylic acids is 1. The van der Waals surface area contributed by atoms with Crippen LogP contribution in [0.1, 0.15) is 42.6 Å². The zero-order chi connectivity index (χ0) is 20.1. The van der Waals surface area contributed by atoms with E-state index < -0.39 is 10.0 Å². The largest absolute Gasteiger partial charge is 0.339 e. The summed E-state index contributed by atoms with van der Waals surface area (Å²) in [6.07, 6.45) is 2.10. The van der Waals surface area contributed by atoms with Gasteiger partial charge >= 0.3 is 0 Å². The second kappa shape index (κ2) is 8.88. The first-order valence-corrected chi connectivity index (χ1v) is 11.3. The van der Waals surface area contributed by atoms with E-state index in [1.54, 1.807) is 42.5 Å². The van der Waals surface area contributed by atoms with E-state index in [0.29, 0.717) is 22.9 Å². The second-order valence-electron chi connectivity index (χ2n) is 7.42. The molecule has 1 heterocycles. The Hall–Kier alpha value is -2.18. The van der Waals surface area contributed by atoms with E-state index in [1.807, 2.05) is 24.0 Å². The first kappa shape index (κ1) is 20.6. The Kier molecular flexibility index (Phi) is 6.52. The van der Waals surface area contributed by atoms with Crippen molar-refractivity contribution in [2.45, 2.75) is 38.1 Å². The van der Waals surface area contributed by atoms with Crippen LogP contribution in [0, 0.1) is 5.92 Å². The fraction of sp³-hybridized carbons (Fsp3) is 0.409. The fourth-order valence-corrected chi connectivity index (χ4v) is 4.92. The third kappa shape index (κ3) is 4.62. The van der Waals surface area contributed by atoms with E-state index in [-0.39, 0.29) is 12.5 Å². The summed E-state index contributed by atoms with van der Waals surface area (Å²) in [7, 11) is -3.54. The lowest BCUT2D eigenvalue weighted by molar-refractivity contribution is 0.0697. The number of benzene rings is 2. The molecule has 1 aliphatic heterocycles. The minimum absolute atomic E-state index is 0.0581. The summed E-state index contributed by atoms with van der Waals surface area (Å²) < 4.78 is 27.1. The van der Waals surface area contributed by atoms with Gasteiger partial charge in [-0.05, 0) is 48.6 Å². The highest BCUT2D eigenvalue weighted by Gasteiger charge is 2.24. The molecular weight excluding hydrogens is 372 g/mol. The van der Waals surface area contributed by atoms with Gasteiger partial charge in [0, 0.05) is 31.7 Å². The Balaban J connectivity index is 1.70. The van der Waals surface area contributed by atoms with Gasteiger partial charge in [0.05, 0.1) is 4.90 Å². The number of hydrogen-bond donors (Lipinski definition) is 0. The zero-order valence-corrected chi connectivity index (χ0v) is 17.4. The van der Waals surface area contributed by atoms with Gasteiger partial charge in [-0.3, -0.25) is 4.79 Å². The van der Waals surface area contributed by atoms with Crippen molar-refractivity contribution in [2.24, 2.45) is 5.92 Å². The maximum atomic E-state index is 12.8. The van der Waals surface area contributed by atoms with Crippen molar-refractivity contribution in [2.75, 3.05) is 19.6 Å². The smallest absolute Gasteiger partial charge is 0.253 e. The Morgan fingerprint density at radius 1 is 1.04 bits per heavy atom. The molecule has 0 N–H and O–H groups in total. The van der Waals surface area contributed by atoms with Crippen LogP contribution >= 0.6 is 0 Å². The minimum atomic E-state index is -3.54. The normalized spacial score (nSPS) is 15.8. The van der Waals surface area contributed by atoms with Gasteiger partial charge in [-0.15, -0.1) is 0 Å². The van der Waals surface area contributed by atoms with E-state index in [9.17, 15) is 13.2 Å². The Bertz CT molecular complexity index is 887. The molecule has 1 amide bonds. The quantitative estimate of drug-likeness (QED) is 0.742. The van der Waals surface area contributed by atoms with Gasteiger partial charge in [-0.2, -0.15) is 4.31 Å². The summed E-state index contributed by atoms with van der Waals surface area (Å²) in [6.45, 7) is 6.32. The molecule has 0 atom stereocenters. The Morgan fingerprint density at radius 2 is 1.64 bits per heavy atom. The molecule has 0 radical (unpaired) electrons. The predicted octanol–water partition coefficient (Wildman–Crippen LogP) is 3.77. The topological polar surface area (TPSA) is 57.7 Å². The first-order chi connectivity index (χ1) is 13.4. The summed E-state index contributed by atoms with van der Waals surface area (Å²) in [6, 6.07) is 15.8. The molecular formula is C22H28N2O3S. The first-order valence-electron chi connectivity index (χ1n) is 9.85. The van der Waals surface area contributed by atoms with Crippen LogP contribution in [0.4, 0.5) is 0 Å². The number of hydrogen-bond acceptors (Lipinski definition) is 3. The second-order valence-corrected chi connectivity index (χ2v) is 9.35. The van der Waals surface area contributed by atoms with Crippen LogP contribution in [0.5, 0.6) is 0 Å². The molecule has 2 aromatic rings. The lowest BCUT2D eigenvalue weighted by Gasteiger charge is -2.30. The summed E-state index contributed by atoms with van der Waals surface area (Å²) in [5.41, 5.74) is 1.53. The van der Waals surface area contributed by atoms with Gasteiger partial charge < -0.3 is 4.90 Å². The van der Waals surface area contributed by atoms with E-state index in [4.69, 9.17) is 0 Å². The van der Waals surface area contributed by atoms with E-state index in [2.05, 4.69) is 6.92 Å². The van der Waals surface area contributed by atoms with Crippen molar-refractivity contribution < 1.29 is 13.2 Å². The van der Waals surface area contributed by atoms with Gasteiger partial charge in [0.2, 0.25) is 10.0 Å². The molecule has 0 aliphatic carbocycles. The van der Waals surface area contributed by atoms with Gasteiger partial charge in [0.1, 0.15) is 0 Å². The third-order valence-corrected chi connectivity index (χ3v) is 7.30. The van der Waals surface area contributed by atoms with Gasteiger partial charge in [0.25, 0.3) is 5.91 Å². The standard InChI is InChI=1S/C22H28N2O3S/c1-3-24(28(26,27)21-7-5-4-6-8-21)17-19-9-11-20(12-10-19)22(25)23-15-13-18(2)14-16-23/h4-12,18H,3,13-17H2,1-2H3. The van der Waals surface area contributed by atoms with Gasteiger partial charge in [-0.1, -0.05) is 44.2 Å². The molecule has 3 rings (SSSR count). The van der Waals surface area contributed by atoms with E-state index >= 15 is 0 Å². The highest BCUT2D eigenvalue weighted by molar-refractivity contribution is 7.89. The molecule has 0 saturated carbocycles. The van der Waals surface area contributed by atoms with Crippen molar-refractivity contribution >= 4 is 15.9 Å². The molecule has 5 nitrogen and oxygen atoms in total. The molecule has 150 valence electrons. The van der Waals surface area contributed by atoms with Crippen molar-refractivity contribution in [3.8, 4) is 0 Å². The third-order valence-electron chi connectivity index (χ3n) is 5.36. The maximum Gasteiger partial charge on any atom is 0.253 e. The molecule has 0 unspecified atom stereocenters. The summed E-state index contributed by atoms with van der Waals surface area (Å²) in [5.74, 6) is 0.737. The van der Waals surface area contributed by atoms with Crippen LogP contribution in [0.25, 0.3) is 0 Å². The minimum Gasteiger partial charge on any atom is -0.339 e. The molecule has 1 saturated heterocycles. The predicted molar refractivity (Wildman–Crippen MR) is 110 cm³/mol. The Morgan fingerprint density at radius 3 is 2.21 bits per heavy atom. The van der Waals surface area contributed by atoms with Crippen LogP contribution < -0.4 is 0 Å².